The number of aryl methyl sites for hydroxylation is 2. The van der Waals surface area contributed by atoms with Gasteiger partial charge in [0.2, 0.25) is 5.91 Å². The van der Waals surface area contributed by atoms with E-state index in [-0.39, 0.29) is 17.9 Å². The number of nitrogens with one attached hydrogen (secondary N) is 1. The molecule has 0 unspecified atom stereocenters. The fraction of sp³-hybridized carbons (Fsp3) is 0.385. The first-order valence-electron chi connectivity index (χ1n) is 12.1. The number of carbonyl (C=O) groups excluding carboxylic acids is 1. The van der Waals surface area contributed by atoms with Crippen LogP contribution in [0.4, 0.5) is 5.82 Å². The number of aromatic nitrogens is 4. The van der Waals surface area contributed by atoms with Gasteiger partial charge in [0.15, 0.2) is 5.65 Å². The summed E-state index contributed by atoms with van der Waals surface area (Å²) in [6.45, 7) is 1.61. The maximum absolute atomic E-state index is 13.4. The number of hydrogen-bond donors (Lipinski definition) is 1. The van der Waals surface area contributed by atoms with E-state index >= 15 is 0 Å². The van der Waals surface area contributed by atoms with E-state index in [9.17, 15) is 4.79 Å². The lowest BCUT2D eigenvalue weighted by Gasteiger charge is -2.33. The summed E-state index contributed by atoms with van der Waals surface area (Å²) in [6, 6.07) is 14.8. The number of thiophene rings is 1. The summed E-state index contributed by atoms with van der Waals surface area (Å²) in [6.07, 6.45) is 8.09. The van der Waals surface area contributed by atoms with Crippen molar-refractivity contribution in [3.63, 3.8) is 0 Å². The van der Waals surface area contributed by atoms with Gasteiger partial charge < -0.3 is 10.2 Å². The summed E-state index contributed by atoms with van der Waals surface area (Å²) in [4.78, 5) is 16.8. The van der Waals surface area contributed by atoms with Gasteiger partial charge in [-0.25, -0.2) is 0 Å². The number of nitrogens with zero attached hydrogens (tertiary/aromatic N) is 5. The van der Waals surface area contributed by atoms with E-state index in [0.717, 1.165) is 43.8 Å². The minimum absolute atomic E-state index is 0.00924. The van der Waals surface area contributed by atoms with Crippen molar-refractivity contribution < 1.29 is 4.79 Å². The minimum atomic E-state index is -0.0874. The highest BCUT2D eigenvalue weighted by molar-refractivity contribution is 7.10. The third-order valence-corrected chi connectivity index (χ3v) is 8.09. The van der Waals surface area contributed by atoms with Crippen LogP contribution >= 0.6 is 11.3 Å². The summed E-state index contributed by atoms with van der Waals surface area (Å²) in [7, 11) is 0. The Labute approximate surface area is 202 Å². The van der Waals surface area contributed by atoms with Crippen molar-refractivity contribution in [3.8, 4) is 0 Å². The van der Waals surface area contributed by atoms with Crippen molar-refractivity contribution >= 4 is 28.7 Å². The van der Waals surface area contributed by atoms with Gasteiger partial charge >= 0.3 is 0 Å². The summed E-state index contributed by atoms with van der Waals surface area (Å²) in [5.74, 6) is 1.06. The van der Waals surface area contributed by atoms with Crippen LogP contribution in [0.3, 0.4) is 0 Å². The molecule has 1 saturated heterocycles. The van der Waals surface area contributed by atoms with E-state index < -0.39 is 0 Å². The maximum Gasteiger partial charge on any atom is 0.224 e. The first-order chi connectivity index (χ1) is 16.7. The Hall–Kier alpha value is -3.26. The van der Waals surface area contributed by atoms with Gasteiger partial charge in [-0.3, -0.25) is 4.79 Å². The van der Waals surface area contributed by atoms with Crippen molar-refractivity contribution in [2.45, 2.75) is 44.6 Å². The first-order valence-corrected chi connectivity index (χ1v) is 13.0. The molecule has 1 aromatic carbocycles. The smallest absolute Gasteiger partial charge is 0.224 e. The van der Waals surface area contributed by atoms with Crippen LogP contribution in [0, 0.1) is 5.92 Å². The largest absolute Gasteiger partial charge is 0.355 e. The zero-order valence-corrected chi connectivity index (χ0v) is 19.9. The molecule has 1 aliphatic heterocycles. The van der Waals surface area contributed by atoms with Crippen molar-refractivity contribution in [1.29, 1.82) is 0 Å². The van der Waals surface area contributed by atoms with Gasteiger partial charge in [0.1, 0.15) is 12.1 Å². The third-order valence-electron chi connectivity index (χ3n) is 7.16. The molecule has 1 atom stereocenters. The van der Waals surface area contributed by atoms with Crippen molar-refractivity contribution in [2.75, 3.05) is 18.0 Å². The summed E-state index contributed by atoms with van der Waals surface area (Å²) < 4.78 is 1.69. The Morgan fingerprint density at radius 1 is 1.06 bits per heavy atom. The molecular weight excluding hydrogens is 444 g/mol. The molecule has 2 aliphatic rings. The average molecular weight is 473 g/mol. The molecule has 3 aromatic heterocycles. The van der Waals surface area contributed by atoms with Crippen molar-refractivity contribution in [3.05, 3.63) is 75.7 Å². The van der Waals surface area contributed by atoms with Crippen molar-refractivity contribution in [1.82, 2.24) is 25.1 Å². The lowest BCUT2D eigenvalue weighted by Crippen LogP contribution is -2.42. The first kappa shape index (κ1) is 21.3. The number of piperidine rings is 1. The van der Waals surface area contributed by atoms with Crippen LogP contribution in [0.2, 0.25) is 0 Å². The fourth-order valence-electron chi connectivity index (χ4n) is 5.23. The number of amides is 1. The Kier molecular flexibility index (Phi) is 5.74. The number of benzene rings is 1. The molecular formula is C26H28N6OS. The Balaban J connectivity index is 1.15. The van der Waals surface area contributed by atoms with Gasteiger partial charge in [-0.1, -0.05) is 24.3 Å². The second-order valence-corrected chi connectivity index (χ2v) is 10.3. The fourth-order valence-corrected chi connectivity index (χ4v) is 6.03. The number of fused-ring (bicyclic) bond motifs is 2. The van der Waals surface area contributed by atoms with Crippen LogP contribution in [0.15, 0.2) is 54.2 Å². The molecule has 1 aliphatic carbocycles. The number of anilines is 1. The zero-order chi connectivity index (χ0) is 22.9. The molecule has 0 spiro atoms. The molecule has 0 saturated carbocycles. The quantitative estimate of drug-likeness (QED) is 0.472. The summed E-state index contributed by atoms with van der Waals surface area (Å²) in [5.41, 5.74) is 4.85. The van der Waals surface area contributed by atoms with Crippen LogP contribution in [-0.2, 0) is 17.6 Å². The summed E-state index contributed by atoms with van der Waals surface area (Å²) in [5, 5.41) is 18.0. The van der Waals surface area contributed by atoms with Gasteiger partial charge in [0.25, 0.3) is 0 Å². The van der Waals surface area contributed by atoms with Crippen LogP contribution in [0.25, 0.3) is 5.65 Å². The van der Waals surface area contributed by atoms with E-state index in [1.54, 1.807) is 22.2 Å². The normalized spacial score (nSPS) is 17.5. The maximum atomic E-state index is 13.4. The lowest BCUT2D eigenvalue weighted by molar-refractivity contribution is -0.126. The molecule has 1 fully saturated rings. The van der Waals surface area contributed by atoms with Crippen LogP contribution in [-0.4, -0.2) is 38.8 Å². The van der Waals surface area contributed by atoms with Crippen LogP contribution in [0.1, 0.15) is 53.3 Å². The highest BCUT2D eigenvalue weighted by Crippen LogP contribution is 2.31. The molecule has 0 radical (unpaired) electrons. The molecule has 8 heteroatoms. The van der Waals surface area contributed by atoms with E-state index in [4.69, 9.17) is 0 Å². The molecule has 1 amide bonds. The van der Waals surface area contributed by atoms with E-state index in [1.807, 2.05) is 12.1 Å². The topological polar surface area (TPSA) is 75.4 Å². The Morgan fingerprint density at radius 3 is 2.74 bits per heavy atom. The third kappa shape index (κ3) is 4.18. The standard InChI is InChI=1S/C26H28N6OS/c33-26(19-11-13-31(14-12-19)24-10-9-23-29-27-17-32(23)30-24)28-25(22-6-3-15-34-22)21-8-7-18-4-1-2-5-20(18)16-21/h3,6-10,15-17,19,25H,1-2,4-5,11-14H2,(H,28,33)/t25-/m1/s1. The van der Waals surface area contributed by atoms with Crippen LogP contribution < -0.4 is 10.2 Å². The average Bonchev–Trinajstić information content (AvgIpc) is 3.59. The summed E-state index contributed by atoms with van der Waals surface area (Å²) >= 11 is 1.71. The number of carbonyl (C=O) groups is 1. The second-order valence-electron chi connectivity index (χ2n) is 9.28. The van der Waals surface area contributed by atoms with Gasteiger partial charge in [-0.15, -0.1) is 26.6 Å². The number of hydrogen-bond acceptors (Lipinski definition) is 6. The lowest BCUT2D eigenvalue weighted by atomic mass is 9.88. The molecule has 7 nitrogen and oxygen atoms in total. The second kappa shape index (κ2) is 9.18. The van der Waals surface area contributed by atoms with Gasteiger partial charge in [-0.2, -0.15) is 4.52 Å². The SMILES string of the molecule is O=C(N[C@H](c1ccc2c(c1)CCCC2)c1cccs1)C1CCN(c2ccc3nncn3n2)CC1. The van der Waals surface area contributed by atoms with Gasteiger partial charge in [0.05, 0.1) is 6.04 Å². The molecule has 6 rings (SSSR count). The zero-order valence-electron chi connectivity index (χ0n) is 19.1. The molecule has 34 heavy (non-hydrogen) atoms. The predicted molar refractivity (Wildman–Crippen MR) is 133 cm³/mol. The van der Waals surface area contributed by atoms with Crippen molar-refractivity contribution in [2.24, 2.45) is 5.92 Å². The molecule has 4 heterocycles. The van der Waals surface area contributed by atoms with E-state index in [0.29, 0.717) is 0 Å². The van der Waals surface area contributed by atoms with Crippen LogP contribution in [0.5, 0.6) is 0 Å². The molecule has 4 aromatic rings. The monoisotopic (exact) mass is 472 g/mol. The molecule has 174 valence electrons. The Morgan fingerprint density at radius 2 is 1.91 bits per heavy atom. The van der Waals surface area contributed by atoms with Gasteiger partial charge in [-0.05, 0) is 78.8 Å². The highest BCUT2D eigenvalue weighted by Gasteiger charge is 2.29. The Bertz CT molecular complexity index is 1290. The highest BCUT2D eigenvalue weighted by atomic mass is 32.1. The molecule has 1 N–H and O–H groups in total. The van der Waals surface area contributed by atoms with E-state index in [2.05, 4.69) is 61.2 Å². The van der Waals surface area contributed by atoms with Gasteiger partial charge in [0, 0.05) is 23.9 Å². The molecule has 0 bridgehead atoms. The number of rotatable bonds is 5. The van der Waals surface area contributed by atoms with E-state index in [1.165, 1.54) is 40.8 Å². The minimum Gasteiger partial charge on any atom is -0.355 e. The predicted octanol–water partition coefficient (Wildman–Crippen LogP) is 4.19.